The van der Waals surface area contributed by atoms with Crippen LogP contribution in [0.25, 0.3) is 11.4 Å². The van der Waals surface area contributed by atoms with Crippen LogP contribution in [0.4, 0.5) is 18.9 Å². The third-order valence-electron chi connectivity index (χ3n) is 4.32. The first-order valence-electron chi connectivity index (χ1n) is 9.33. The predicted molar refractivity (Wildman–Crippen MR) is 108 cm³/mol. The van der Waals surface area contributed by atoms with Crippen LogP contribution in [0, 0.1) is 0 Å². The van der Waals surface area contributed by atoms with E-state index < -0.39 is 30.2 Å². The molecule has 0 saturated heterocycles. The molecule has 9 nitrogen and oxygen atoms in total. The first-order valence-corrected chi connectivity index (χ1v) is 9.33. The lowest BCUT2D eigenvalue weighted by atomic mass is 10.1. The van der Waals surface area contributed by atoms with E-state index in [4.69, 9.17) is 18.7 Å². The Bertz CT molecular complexity index is 1160. The van der Waals surface area contributed by atoms with E-state index in [1.165, 1.54) is 45.4 Å². The van der Waals surface area contributed by atoms with Gasteiger partial charge in [0.25, 0.3) is 5.89 Å². The molecule has 0 spiro atoms. The fraction of sp³-hybridized carbons (Fsp3) is 0.238. The number of esters is 1. The van der Waals surface area contributed by atoms with E-state index in [1.54, 1.807) is 0 Å². The molecule has 0 saturated carbocycles. The molecule has 2 aromatic carbocycles. The summed E-state index contributed by atoms with van der Waals surface area (Å²) in [6.07, 6.45) is -4.46. The average Bonchev–Trinajstić information content (AvgIpc) is 3.25. The number of alkyl halides is 3. The summed E-state index contributed by atoms with van der Waals surface area (Å²) >= 11 is 0. The Labute approximate surface area is 185 Å². The van der Waals surface area contributed by atoms with Gasteiger partial charge in [0, 0.05) is 24.6 Å². The summed E-state index contributed by atoms with van der Waals surface area (Å²) in [6, 6.07) is 6.94. The molecule has 0 aliphatic rings. The second-order valence-electron chi connectivity index (χ2n) is 6.60. The number of halogens is 3. The fourth-order valence-electron chi connectivity index (χ4n) is 2.78. The minimum atomic E-state index is -4.46. The molecule has 3 aromatic rings. The van der Waals surface area contributed by atoms with E-state index in [0.717, 1.165) is 12.1 Å². The van der Waals surface area contributed by atoms with Gasteiger partial charge in [-0.15, -0.1) is 0 Å². The molecule has 12 heteroatoms. The second-order valence-corrected chi connectivity index (χ2v) is 6.60. The minimum Gasteiger partial charge on any atom is -0.493 e. The Balaban J connectivity index is 1.75. The van der Waals surface area contributed by atoms with Crippen LogP contribution in [0.15, 0.2) is 40.9 Å². The molecule has 0 atom stereocenters. The monoisotopic (exact) mass is 465 g/mol. The third kappa shape index (κ3) is 5.59. The van der Waals surface area contributed by atoms with E-state index in [9.17, 15) is 22.8 Å². The maximum atomic E-state index is 12.7. The quantitative estimate of drug-likeness (QED) is 0.520. The van der Waals surface area contributed by atoms with E-state index in [-0.39, 0.29) is 40.0 Å². The van der Waals surface area contributed by atoms with E-state index in [2.05, 4.69) is 15.5 Å². The Hall–Kier alpha value is -4.09. The van der Waals surface area contributed by atoms with Crippen molar-refractivity contribution in [1.82, 2.24) is 10.1 Å². The SMILES string of the molecule is COc1cc(NC(C)=O)c(C(=O)OCc2nc(-c3ccc(C(F)(F)F)cc3)no2)cc1OC. The van der Waals surface area contributed by atoms with Crippen molar-refractivity contribution in [2.45, 2.75) is 19.7 Å². The molecule has 0 fully saturated rings. The number of benzene rings is 2. The Morgan fingerprint density at radius 1 is 1.06 bits per heavy atom. The summed E-state index contributed by atoms with van der Waals surface area (Å²) in [7, 11) is 2.78. The first-order chi connectivity index (χ1) is 15.6. The highest BCUT2D eigenvalue weighted by molar-refractivity contribution is 6.01. The van der Waals surface area contributed by atoms with E-state index in [1.807, 2.05) is 0 Å². The summed E-state index contributed by atoms with van der Waals surface area (Å²) in [6.45, 7) is 0.855. The molecule has 174 valence electrons. The van der Waals surface area contributed by atoms with E-state index in [0.29, 0.717) is 0 Å². The molecule has 0 aliphatic carbocycles. The number of rotatable bonds is 7. The highest BCUT2D eigenvalue weighted by Crippen LogP contribution is 2.34. The van der Waals surface area contributed by atoms with Gasteiger partial charge in [0.2, 0.25) is 11.7 Å². The minimum absolute atomic E-state index is 0.00896. The Morgan fingerprint density at radius 3 is 2.27 bits per heavy atom. The molecule has 3 rings (SSSR count). The summed E-state index contributed by atoms with van der Waals surface area (Å²) in [4.78, 5) is 28.2. The molecule has 0 unspecified atom stereocenters. The van der Waals surface area contributed by atoms with Crippen LogP contribution < -0.4 is 14.8 Å². The summed E-state index contributed by atoms with van der Waals surface area (Å²) in [5.74, 6) is -0.778. The van der Waals surface area contributed by atoms with Crippen molar-refractivity contribution in [3.63, 3.8) is 0 Å². The predicted octanol–water partition coefficient (Wildman–Crippen LogP) is 4.09. The number of nitrogens with zero attached hydrogens (tertiary/aromatic N) is 2. The number of carbonyl (C=O) groups is 2. The molecule has 0 bridgehead atoms. The highest BCUT2D eigenvalue weighted by Gasteiger charge is 2.30. The zero-order chi connectivity index (χ0) is 24.2. The van der Waals surface area contributed by atoms with Gasteiger partial charge in [-0.1, -0.05) is 17.3 Å². The molecule has 0 aliphatic heterocycles. The van der Waals surface area contributed by atoms with Crippen molar-refractivity contribution >= 4 is 17.6 Å². The molecule has 1 amide bonds. The Kier molecular flexibility index (Phi) is 6.85. The van der Waals surface area contributed by atoms with Gasteiger partial charge in [-0.2, -0.15) is 18.2 Å². The lowest BCUT2D eigenvalue weighted by molar-refractivity contribution is -0.137. The van der Waals surface area contributed by atoms with Gasteiger partial charge < -0.3 is 24.1 Å². The van der Waals surface area contributed by atoms with Crippen LogP contribution >= 0.6 is 0 Å². The van der Waals surface area contributed by atoms with Crippen molar-refractivity contribution in [2.24, 2.45) is 0 Å². The first kappa shape index (κ1) is 23.6. The van der Waals surface area contributed by atoms with Gasteiger partial charge in [0.05, 0.1) is 31.0 Å². The van der Waals surface area contributed by atoms with Gasteiger partial charge in [-0.05, 0) is 12.1 Å². The van der Waals surface area contributed by atoms with Gasteiger partial charge >= 0.3 is 12.1 Å². The van der Waals surface area contributed by atoms with Crippen molar-refractivity contribution < 1.29 is 41.5 Å². The number of carbonyl (C=O) groups excluding carboxylic acids is 2. The summed E-state index contributed by atoms with van der Waals surface area (Å²) < 4.78 is 58.6. The smallest absolute Gasteiger partial charge is 0.416 e. The van der Waals surface area contributed by atoms with Crippen molar-refractivity contribution in [1.29, 1.82) is 0 Å². The molecular weight excluding hydrogens is 447 g/mol. The van der Waals surface area contributed by atoms with Crippen LogP contribution in [-0.4, -0.2) is 36.2 Å². The molecular formula is C21H18F3N3O6. The molecule has 1 heterocycles. The van der Waals surface area contributed by atoms with Crippen molar-refractivity contribution in [3.05, 3.63) is 53.4 Å². The average molecular weight is 465 g/mol. The fourth-order valence-corrected chi connectivity index (χ4v) is 2.78. The normalized spacial score (nSPS) is 11.1. The standard InChI is InChI=1S/C21H18F3N3O6/c1-11(28)25-15-9-17(31-3)16(30-2)8-14(15)20(29)32-10-18-26-19(27-33-18)12-4-6-13(7-5-12)21(22,23)24/h4-9H,10H2,1-3H3,(H,25,28). The van der Waals surface area contributed by atoms with Crippen LogP contribution in [0.2, 0.25) is 0 Å². The largest absolute Gasteiger partial charge is 0.493 e. The van der Waals surface area contributed by atoms with Gasteiger partial charge in [-0.25, -0.2) is 4.79 Å². The van der Waals surface area contributed by atoms with Crippen LogP contribution in [0.3, 0.4) is 0 Å². The maximum absolute atomic E-state index is 12.7. The number of hydrogen-bond donors (Lipinski definition) is 1. The van der Waals surface area contributed by atoms with Gasteiger partial charge in [0.1, 0.15) is 0 Å². The van der Waals surface area contributed by atoms with Gasteiger partial charge in [0.15, 0.2) is 18.1 Å². The van der Waals surface area contributed by atoms with Crippen LogP contribution in [-0.2, 0) is 22.3 Å². The zero-order valence-corrected chi connectivity index (χ0v) is 17.6. The number of hydrogen-bond acceptors (Lipinski definition) is 8. The van der Waals surface area contributed by atoms with Crippen LogP contribution in [0.5, 0.6) is 11.5 Å². The third-order valence-corrected chi connectivity index (χ3v) is 4.32. The molecule has 1 aromatic heterocycles. The number of ether oxygens (including phenoxy) is 3. The highest BCUT2D eigenvalue weighted by atomic mass is 19.4. The second kappa shape index (κ2) is 9.59. The summed E-state index contributed by atoms with van der Waals surface area (Å²) in [5, 5.41) is 6.20. The van der Waals surface area contributed by atoms with Crippen molar-refractivity contribution in [3.8, 4) is 22.9 Å². The molecule has 33 heavy (non-hydrogen) atoms. The number of nitrogens with one attached hydrogen (secondary N) is 1. The summed E-state index contributed by atoms with van der Waals surface area (Å²) in [5.41, 5.74) is -0.391. The lowest BCUT2D eigenvalue weighted by Crippen LogP contribution is -2.13. The van der Waals surface area contributed by atoms with E-state index >= 15 is 0 Å². The lowest BCUT2D eigenvalue weighted by Gasteiger charge is -2.14. The van der Waals surface area contributed by atoms with Crippen molar-refractivity contribution in [2.75, 3.05) is 19.5 Å². The number of aromatic nitrogens is 2. The topological polar surface area (TPSA) is 113 Å². The van der Waals surface area contributed by atoms with Crippen LogP contribution in [0.1, 0.15) is 28.7 Å². The number of amides is 1. The molecule has 1 N–H and O–H groups in total. The number of anilines is 1. The van der Waals surface area contributed by atoms with Gasteiger partial charge in [-0.3, -0.25) is 4.79 Å². The Morgan fingerprint density at radius 2 is 1.70 bits per heavy atom. The molecule has 0 radical (unpaired) electrons. The number of methoxy groups -OCH3 is 2. The maximum Gasteiger partial charge on any atom is 0.416 e. The zero-order valence-electron chi connectivity index (χ0n) is 17.6.